The molecule has 0 atom stereocenters. The zero-order valence-electron chi connectivity index (χ0n) is 17.8. The summed E-state index contributed by atoms with van der Waals surface area (Å²) in [6.07, 6.45) is 1.67. The third kappa shape index (κ3) is 4.65. The second-order valence-electron chi connectivity index (χ2n) is 6.60. The number of methoxy groups -OCH3 is 3. The predicted molar refractivity (Wildman–Crippen MR) is 119 cm³/mol. The highest BCUT2D eigenvalue weighted by atomic mass is 32.1. The summed E-state index contributed by atoms with van der Waals surface area (Å²) in [4.78, 5) is 5.38. The molecule has 8 heteroatoms. The van der Waals surface area contributed by atoms with Crippen LogP contribution in [0.5, 0.6) is 17.2 Å². The Morgan fingerprint density at radius 1 is 1.17 bits per heavy atom. The van der Waals surface area contributed by atoms with Gasteiger partial charge in [-0.2, -0.15) is 5.10 Å². The number of furan rings is 1. The summed E-state index contributed by atoms with van der Waals surface area (Å²) in [6, 6.07) is 7.53. The van der Waals surface area contributed by atoms with Gasteiger partial charge >= 0.3 is 0 Å². The standard InChI is InChI=1S/C22H25N3O4S/c1-14(2)11-23-22-25(24-12-17-8-7-15(3)29-17)18(13-30-22)16-9-19(26-4)21(28-6)20(10-16)27-5/h7-10,12-13H,1,11H2,2-6H3. The number of nitrogens with zero attached hydrogens (tertiary/aromatic N) is 3. The summed E-state index contributed by atoms with van der Waals surface area (Å²) in [5.41, 5.74) is 2.65. The van der Waals surface area contributed by atoms with Crippen LogP contribution in [0.4, 0.5) is 0 Å². The normalized spacial score (nSPS) is 11.8. The van der Waals surface area contributed by atoms with Crippen molar-refractivity contribution in [1.82, 2.24) is 4.68 Å². The molecule has 0 N–H and O–H groups in total. The minimum absolute atomic E-state index is 0.518. The maximum Gasteiger partial charge on any atom is 0.206 e. The number of benzene rings is 1. The van der Waals surface area contributed by atoms with E-state index in [2.05, 4.69) is 16.7 Å². The van der Waals surface area contributed by atoms with Crippen molar-refractivity contribution < 1.29 is 18.6 Å². The molecule has 0 aliphatic heterocycles. The Labute approximate surface area is 179 Å². The van der Waals surface area contributed by atoms with Gasteiger partial charge in [-0.25, -0.2) is 4.68 Å². The quantitative estimate of drug-likeness (QED) is 0.392. The molecular formula is C22H25N3O4S. The molecule has 158 valence electrons. The lowest BCUT2D eigenvalue weighted by Crippen LogP contribution is -2.13. The van der Waals surface area contributed by atoms with Crippen molar-refractivity contribution in [1.29, 1.82) is 0 Å². The molecule has 3 aromatic rings. The number of rotatable bonds is 8. The van der Waals surface area contributed by atoms with Crippen molar-refractivity contribution in [3.05, 3.63) is 58.1 Å². The maximum absolute atomic E-state index is 5.61. The fraction of sp³-hybridized carbons (Fsp3) is 0.273. The fourth-order valence-electron chi connectivity index (χ4n) is 2.79. The van der Waals surface area contributed by atoms with Crippen LogP contribution in [0.25, 0.3) is 11.3 Å². The van der Waals surface area contributed by atoms with Gasteiger partial charge in [0.1, 0.15) is 11.5 Å². The lowest BCUT2D eigenvalue weighted by atomic mass is 10.1. The van der Waals surface area contributed by atoms with Crippen LogP contribution in [0.2, 0.25) is 0 Å². The largest absolute Gasteiger partial charge is 0.493 e. The summed E-state index contributed by atoms with van der Waals surface area (Å²) in [5.74, 6) is 3.15. The van der Waals surface area contributed by atoms with Gasteiger partial charge in [0.05, 0.1) is 39.8 Å². The van der Waals surface area contributed by atoms with E-state index in [1.54, 1.807) is 32.2 Å². The average molecular weight is 428 g/mol. The van der Waals surface area contributed by atoms with Gasteiger partial charge < -0.3 is 18.6 Å². The van der Waals surface area contributed by atoms with E-state index in [9.17, 15) is 0 Å². The average Bonchev–Trinajstić information content (AvgIpc) is 3.34. The van der Waals surface area contributed by atoms with E-state index in [0.29, 0.717) is 29.6 Å². The monoisotopic (exact) mass is 427 g/mol. The highest BCUT2D eigenvalue weighted by Crippen LogP contribution is 2.41. The summed E-state index contributed by atoms with van der Waals surface area (Å²) >= 11 is 1.49. The van der Waals surface area contributed by atoms with Gasteiger partial charge in [0.2, 0.25) is 10.6 Å². The van der Waals surface area contributed by atoms with Crippen molar-refractivity contribution in [3.63, 3.8) is 0 Å². The second-order valence-corrected chi connectivity index (χ2v) is 7.43. The first-order chi connectivity index (χ1) is 14.5. The summed E-state index contributed by atoms with van der Waals surface area (Å²) in [5, 5.41) is 6.62. The first kappa shape index (κ1) is 21.4. The molecule has 0 aliphatic rings. The third-order valence-corrected chi connectivity index (χ3v) is 5.05. The Hall–Kier alpha value is -3.26. The summed E-state index contributed by atoms with van der Waals surface area (Å²) < 4.78 is 23.8. The molecule has 2 aromatic heterocycles. The van der Waals surface area contributed by atoms with Crippen LogP contribution in [0.15, 0.2) is 56.3 Å². The summed E-state index contributed by atoms with van der Waals surface area (Å²) in [6.45, 7) is 8.28. The molecule has 0 amide bonds. The zero-order valence-corrected chi connectivity index (χ0v) is 18.6. The van der Waals surface area contributed by atoms with Crippen LogP contribution in [-0.2, 0) is 0 Å². The molecule has 0 fully saturated rings. The van der Waals surface area contributed by atoms with E-state index in [4.69, 9.17) is 18.6 Å². The lowest BCUT2D eigenvalue weighted by molar-refractivity contribution is 0.324. The minimum atomic E-state index is 0.518. The number of hydrogen-bond donors (Lipinski definition) is 0. The van der Waals surface area contributed by atoms with E-state index in [-0.39, 0.29) is 0 Å². The Bertz CT molecular complexity index is 1110. The molecule has 0 saturated carbocycles. The molecule has 2 heterocycles. The van der Waals surface area contributed by atoms with E-state index < -0.39 is 0 Å². The van der Waals surface area contributed by atoms with Crippen LogP contribution in [-0.4, -0.2) is 38.8 Å². The molecule has 0 spiro atoms. The second kappa shape index (κ2) is 9.49. The van der Waals surface area contributed by atoms with Crippen LogP contribution in [0.1, 0.15) is 18.4 Å². The van der Waals surface area contributed by atoms with Crippen LogP contribution >= 0.6 is 11.3 Å². The molecule has 3 rings (SSSR count). The van der Waals surface area contributed by atoms with Crippen molar-refractivity contribution in [2.75, 3.05) is 27.9 Å². The van der Waals surface area contributed by atoms with Crippen molar-refractivity contribution in [2.24, 2.45) is 10.1 Å². The molecule has 0 radical (unpaired) electrons. The molecular weight excluding hydrogens is 402 g/mol. The van der Waals surface area contributed by atoms with E-state index in [0.717, 1.165) is 27.4 Å². The molecule has 0 unspecified atom stereocenters. The molecule has 0 saturated heterocycles. The number of aryl methyl sites for hydroxylation is 1. The van der Waals surface area contributed by atoms with Gasteiger partial charge in [0, 0.05) is 10.9 Å². The van der Waals surface area contributed by atoms with Gasteiger partial charge in [0.25, 0.3) is 0 Å². The Kier molecular flexibility index (Phi) is 6.79. The molecule has 30 heavy (non-hydrogen) atoms. The fourth-order valence-corrected chi connectivity index (χ4v) is 3.62. The van der Waals surface area contributed by atoms with Crippen LogP contribution in [0.3, 0.4) is 0 Å². The van der Waals surface area contributed by atoms with E-state index >= 15 is 0 Å². The van der Waals surface area contributed by atoms with Gasteiger partial charge in [0.15, 0.2) is 11.5 Å². The van der Waals surface area contributed by atoms with Gasteiger partial charge in [-0.05, 0) is 38.1 Å². The Balaban J connectivity index is 2.16. The molecule has 1 aromatic carbocycles. The van der Waals surface area contributed by atoms with Crippen molar-refractivity contribution in [3.8, 4) is 28.5 Å². The maximum atomic E-state index is 5.61. The number of aromatic nitrogens is 1. The third-order valence-electron chi connectivity index (χ3n) is 4.19. The van der Waals surface area contributed by atoms with E-state index in [1.807, 2.05) is 43.5 Å². The predicted octanol–water partition coefficient (Wildman–Crippen LogP) is 4.50. The van der Waals surface area contributed by atoms with Gasteiger partial charge in [-0.3, -0.25) is 4.99 Å². The first-order valence-electron chi connectivity index (χ1n) is 9.23. The topological polar surface area (TPSA) is 70.5 Å². The first-order valence-corrected chi connectivity index (χ1v) is 10.1. The smallest absolute Gasteiger partial charge is 0.206 e. The number of hydrogen-bond acceptors (Lipinski definition) is 7. The molecule has 0 aliphatic carbocycles. The number of thiazole rings is 1. The van der Waals surface area contributed by atoms with Gasteiger partial charge in [-0.15, -0.1) is 11.3 Å². The van der Waals surface area contributed by atoms with Crippen molar-refractivity contribution >= 4 is 17.6 Å². The van der Waals surface area contributed by atoms with E-state index in [1.165, 1.54) is 11.3 Å². The Morgan fingerprint density at radius 3 is 2.40 bits per heavy atom. The van der Waals surface area contributed by atoms with Crippen LogP contribution in [0, 0.1) is 6.92 Å². The molecule has 7 nitrogen and oxygen atoms in total. The summed E-state index contributed by atoms with van der Waals surface area (Å²) in [7, 11) is 4.76. The van der Waals surface area contributed by atoms with Crippen LogP contribution < -0.4 is 19.0 Å². The SMILES string of the molecule is C=C(C)CN=c1scc(-c2cc(OC)c(OC)c(OC)c2)n1N=Cc1ccc(C)o1. The highest BCUT2D eigenvalue weighted by Gasteiger charge is 2.17. The molecule has 0 bridgehead atoms. The minimum Gasteiger partial charge on any atom is -0.493 e. The lowest BCUT2D eigenvalue weighted by Gasteiger charge is -2.14. The highest BCUT2D eigenvalue weighted by molar-refractivity contribution is 7.07. The zero-order chi connectivity index (χ0) is 21.7. The number of ether oxygens (including phenoxy) is 3. The Morgan fingerprint density at radius 2 is 1.87 bits per heavy atom. The van der Waals surface area contributed by atoms with Crippen molar-refractivity contribution in [2.45, 2.75) is 13.8 Å². The van der Waals surface area contributed by atoms with Gasteiger partial charge in [-0.1, -0.05) is 12.2 Å².